The van der Waals surface area contributed by atoms with Gasteiger partial charge in [-0.05, 0) is 37.9 Å². The summed E-state index contributed by atoms with van der Waals surface area (Å²) < 4.78 is 5.42. The lowest BCUT2D eigenvalue weighted by Crippen LogP contribution is -2.34. The average Bonchev–Trinajstić information content (AvgIpc) is 3.00. The molecule has 1 saturated heterocycles. The van der Waals surface area contributed by atoms with Crippen LogP contribution in [0, 0.1) is 6.92 Å². The zero-order chi connectivity index (χ0) is 16.9. The first kappa shape index (κ1) is 16.5. The molecule has 0 spiro atoms. The number of rotatable bonds is 6. The molecule has 0 saturated carbocycles. The molecule has 128 valence electrons. The van der Waals surface area contributed by atoms with Crippen LogP contribution in [0.25, 0.3) is 0 Å². The Morgan fingerprint density at radius 3 is 3.04 bits per heavy atom. The summed E-state index contributed by atoms with van der Waals surface area (Å²) in [5.74, 6) is 0.158. The number of H-pyrrole nitrogens is 1. The third-order valence-corrected chi connectivity index (χ3v) is 4.50. The Morgan fingerprint density at radius 2 is 2.29 bits per heavy atom. The predicted octanol–water partition coefficient (Wildman–Crippen LogP) is 2.56. The summed E-state index contributed by atoms with van der Waals surface area (Å²) in [5, 5.41) is 16.1. The maximum absolute atomic E-state index is 10.7. The number of benzene rings is 1. The van der Waals surface area contributed by atoms with Crippen LogP contribution < -0.4 is 4.74 Å². The molecule has 1 fully saturated rings. The van der Waals surface area contributed by atoms with Crippen molar-refractivity contribution in [3.05, 3.63) is 47.3 Å². The van der Waals surface area contributed by atoms with Crippen molar-refractivity contribution in [1.29, 1.82) is 0 Å². The summed E-state index contributed by atoms with van der Waals surface area (Å²) in [6.07, 6.45) is 4.18. The van der Waals surface area contributed by atoms with Crippen LogP contribution in [0.3, 0.4) is 0 Å². The Morgan fingerprint density at radius 1 is 1.46 bits per heavy atom. The molecule has 1 aromatic heterocycles. The van der Waals surface area contributed by atoms with Gasteiger partial charge in [0.15, 0.2) is 6.61 Å². The van der Waals surface area contributed by atoms with Crippen LogP contribution >= 0.6 is 0 Å². The molecule has 2 heterocycles. The van der Waals surface area contributed by atoms with Gasteiger partial charge in [0.2, 0.25) is 0 Å². The second-order valence-corrected chi connectivity index (χ2v) is 6.33. The first-order valence-corrected chi connectivity index (χ1v) is 8.28. The number of aryl methyl sites for hydroxylation is 1. The number of likely N-dealkylation sites (tertiary alicyclic amines) is 1. The molecular formula is C18H23N3O3. The first-order chi connectivity index (χ1) is 11.6. The van der Waals surface area contributed by atoms with Gasteiger partial charge in [0.1, 0.15) is 5.75 Å². The maximum Gasteiger partial charge on any atom is 0.341 e. The van der Waals surface area contributed by atoms with Crippen LogP contribution in [0.4, 0.5) is 0 Å². The van der Waals surface area contributed by atoms with Gasteiger partial charge >= 0.3 is 5.97 Å². The van der Waals surface area contributed by atoms with E-state index < -0.39 is 5.97 Å². The number of para-hydroxylation sites is 1. The molecule has 1 atom stereocenters. The van der Waals surface area contributed by atoms with Crippen LogP contribution in [0.5, 0.6) is 5.75 Å². The van der Waals surface area contributed by atoms with Gasteiger partial charge in [-0.1, -0.05) is 18.2 Å². The van der Waals surface area contributed by atoms with Crippen molar-refractivity contribution in [3.8, 4) is 5.75 Å². The van der Waals surface area contributed by atoms with E-state index in [9.17, 15) is 4.79 Å². The molecule has 6 nitrogen and oxygen atoms in total. The number of nitrogens with zero attached hydrogens (tertiary/aromatic N) is 2. The second kappa shape index (κ2) is 7.49. The number of ether oxygens (including phenoxy) is 1. The quantitative estimate of drug-likeness (QED) is 0.851. The largest absolute Gasteiger partial charge is 0.482 e. The number of hydrogen-bond donors (Lipinski definition) is 2. The van der Waals surface area contributed by atoms with E-state index in [1.54, 1.807) is 0 Å². The Labute approximate surface area is 141 Å². The van der Waals surface area contributed by atoms with Crippen molar-refractivity contribution in [2.24, 2.45) is 0 Å². The van der Waals surface area contributed by atoms with Gasteiger partial charge in [-0.2, -0.15) is 5.10 Å². The van der Waals surface area contributed by atoms with E-state index in [1.807, 2.05) is 30.5 Å². The normalized spacial score (nSPS) is 18.5. The number of hydrogen-bond acceptors (Lipinski definition) is 4. The highest BCUT2D eigenvalue weighted by Gasteiger charge is 2.24. The molecule has 1 aromatic carbocycles. The van der Waals surface area contributed by atoms with Gasteiger partial charge in [-0.25, -0.2) is 4.79 Å². The van der Waals surface area contributed by atoms with E-state index >= 15 is 0 Å². The summed E-state index contributed by atoms with van der Waals surface area (Å²) in [7, 11) is 0. The van der Waals surface area contributed by atoms with Gasteiger partial charge in [-0.15, -0.1) is 0 Å². The van der Waals surface area contributed by atoms with Crippen molar-refractivity contribution in [3.63, 3.8) is 0 Å². The molecule has 2 N–H and O–H groups in total. The fourth-order valence-electron chi connectivity index (χ4n) is 3.36. The third kappa shape index (κ3) is 3.94. The Bertz CT molecular complexity index is 698. The highest BCUT2D eigenvalue weighted by atomic mass is 16.5. The average molecular weight is 329 g/mol. The molecule has 0 radical (unpaired) electrons. The molecule has 3 rings (SSSR count). The number of carbonyl (C=O) groups is 1. The van der Waals surface area contributed by atoms with Crippen LogP contribution in [0.2, 0.25) is 0 Å². The molecule has 1 unspecified atom stereocenters. The highest BCUT2D eigenvalue weighted by molar-refractivity contribution is 5.68. The highest BCUT2D eigenvalue weighted by Crippen LogP contribution is 2.29. The Hall–Kier alpha value is -2.34. The van der Waals surface area contributed by atoms with E-state index in [4.69, 9.17) is 9.84 Å². The van der Waals surface area contributed by atoms with Crippen molar-refractivity contribution in [2.45, 2.75) is 32.2 Å². The van der Waals surface area contributed by atoms with E-state index in [0.717, 1.165) is 38.0 Å². The van der Waals surface area contributed by atoms with Gasteiger partial charge in [0.25, 0.3) is 0 Å². The summed E-state index contributed by atoms with van der Waals surface area (Å²) >= 11 is 0. The van der Waals surface area contributed by atoms with E-state index in [2.05, 4.69) is 22.0 Å². The molecular weight excluding hydrogens is 306 g/mol. The minimum absolute atomic E-state index is 0.313. The van der Waals surface area contributed by atoms with Gasteiger partial charge in [0, 0.05) is 30.3 Å². The number of aromatic amines is 1. The Balaban J connectivity index is 1.67. The summed E-state index contributed by atoms with van der Waals surface area (Å²) in [5.41, 5.74) is 3.47. The smallest absolute Gasteiger partial charge is 0.341 e. The number of carboxylic acid groups (broad SMARTS) is 1. The number of nitrogens with one attached hydrogen (secondary N) is 1. The molecule has 1 aliphatic rings. The second-order valence-electron chi connectivity index (χ2n) is 6.33. The van der Waals surface area contributed by atoms with Gasteiger partial charge in [-0.3, -0.25) is 10.00 Å². The first-order valence-electron chi connectivity index (χ1n) is 8.28. The van der Waals surface area contributed by atoms with E-state index in [1.165, 1.54) is 11.3 Å². The van der Waals surface area contributed by atoms with E-state index in [0.29, 0.717) is 11.7 Å². The number of aliphatic carboxylic acids is 1. The lowest BCUT2D eigenvalue weighted by Gasteiger charge is -2.32. The number of piperidine rings is 1. The SMILES string of the molecule is Cc1cn[nH]c1C1CCCN(Cc2ccccc2OCC(=O)O)C1. The molecule has 2 aromatic rings. The fraction of sp³-hybridized carbons (Fsp3) is 0.444. The molecule has 0 aliphatic carbocycles. The predicted molar refractivity (Wildman–Crippen MR) is 90.1 cm³/mol. The zero-order valence-electron chi connectivity index (χ0n) is 13.9. The van der Waals surface area contributed by atoms with E-state index in [-0.39, 0.29) is 6.61 Å². The molecule has 1 aliphatic heterocycles. The number of aromatic nitrogens is 2. The molecule has 24 heavy (non-hydrogen) atoms. The topological polar surface area (TPSA) is 78.5 Å². The van der Waals surface area contributed by atoms with Crippen LogP contribution in [-0.4, -0.2) is 45.9 Å². The van der Waals surface area contributed by atoms with Crippen molar-refractivity contribution in [2.75, 3.05) is 19.7 Å². The van der Waals surface area contributed by atoms with Gasteiger partial charge < -0.3 is 9.84 Å². The maximum atomic E-state index is 10.7. The monoisotopic (exact) mass is 329 g/mol. The summed E-state index contributed by atoms with van der Waals surface area (Å²) in [4.78, 5) is 13.1. The zero-order valence-corrected chi connectivity index (χ0v) is 13.9. The number of carboxylic acids is 1. The van der Waals surface area contributed by atoms with Gasteiger partial charge in [0.05, 0.1) is 6.20 Å². The van der Waals surface area contributed by atoms with Crippen LogP contribution in [-0.2, 0) is 11.3 Å². The van der Waals surface area contributed by atoms with Crippen molar-refractivity contribution in [1.82, 2.24) is 15.1 Å². The van der Waals surface area contributed by atoms with Crippen molar-refractivity contribution >= 4 is 5.97 Å². The van der Waals surface area contributed by atoms with Crippen molar-refractivity contribution < 1.29 is 14.6 Å². The molecule has 0 bridgehead atoms. The standard InChI is InChI=1S/C18H23N3O3/c1-13-9-19-20-18(13)15-6-4-8-21(11-15)10-14-5-2-3-7-16(14)24-12-17(22)23/h2-3,5,7,9,15H,4,6,8,10-12H2,1H3,(H,19,20)(H,22,23). The molecule has 0 amide bonds. The van der Waals surface area contributed by atoms with Crippen LogP contribution in [0.15, 0.2) is 30.5 Å². The summed E-state index contributed by atoms with van der Waals surface area (Å²) in [6.45, 7) is 4.55. The fourth-order valence-corrected chi connectivity index (χ4v) is 3.36. The minimum Gasteiger partial charge on any atom is -0.482 e. The lowest BCUT2D eigenvalue weighted by atomic mass is 9.92. The Kier molecular flexibility index (Phi) is 5.15. The third-order valence-electron chi connectivity index (χ3n) is 4.50. The minimum atomic E-state index is -0.961. The summed E-state index contributed by atoms with van der Waals surface area (Å²) in [6, 6.07) is 7.66. The van der Waals surface area contributed by atoms with Crippen LogP contribution in [0.1, 0.15) is 35.6 Å². The lowest BCUT2D eigenvalue weighted by molar-refractivity contribution is -0.139. The molecule has 6 heteroatoms.